The van der Waals surface area contributed by atoms with Gasteiger partial charge in [0.15, 0.2) is 12.0 Å². The molecule has 0 N–H and O–H groups in total. The summed E-state index contributed by atoms with van der Waals surface area (Å²) in [5.41, 5.74) is 0. The maximum absolute atomic E-state index is 13.4. The van der Waals surface area contributed by atoms with E-state index in [1.807, 2.05) is 0 Å². The van der Waals surface area contributed by atoms with Crippen LogP contribution in [0.5, 0.6) is 0 Å². The second-order valence-corrected chi connectivity index (χ2v) is 5.01. The lowest BCUT2D eigenvalue weighted by atomic mass is 10.00. The minimum absolute atomic E-state index is 0.156. The van der Waals surface area contributed by atoms with Crippen molar-refractivity contribution in [2.45, 2.75) is 83.2 Å². The average Bonchev–Trinajstić information content (AvgIpc) is 2.29. The summed E-state index contributed by atoms with van der Waals surface area (Å²) in [4.78, 5) is 11.4. The van der Waals surface area contributed by atoms with E-state index < -0.39 is 6.17 Å². The first-order chi connectivity index (χ1) is 7.80. The standard InChI is InChI=1S/C14H25FO/c15-13-11-9-7-5-3-1-2-4-6-8-10-12-14(13)16/h13H,1-12H2. The van der Waals surface area contributed by atoms with Gasteiger partial charge in [0.2, 0.25) is 0 Å². The van der Waals surface area contributed by atoms with Crippen molar-refractivity contribution in [2.75, 3.05) is 0 Å². The van der Waals surface area contributed by atoms with Crippen molar-refractivity contribution in [1.29, 1.82) is 0 Å². The molecule has 94 valence electrons. The zero-order valence-electron chi connectivity index (χ0n) is 10.3. The van der Waals surface area contributed by atoms with Crippen LogP contribution in [0, 0.1) is 0 Å². The third-order valence-electron chi connectivity index (χ3n) is 3.48. The molecule has 0 aliphatic heterocycles. The Labute approximate surface area is 98.8 Å². The van der Waals surface area contributed by atoms with E-state index in [1.165, 1.54) is 38.5 Å². The summed E-state index contributed by atoms with van der Waals surface area (Å²) in [6, 6.07) is 0. The molecule has 1 aliphatic rings. The maximum atomic E-state index is 13.4. The van der Waals surface area contributed by atoms with Gasteiger partial charge in [0.05, 0.1) is 0 Å². The molecule has 1 atom stereocenters. The third kappa shape index (κ3) is 6.24. The van der Waals surface area contributed by atoms with Gasteiger partial charge in [-0.05, 0) is 12.8 Å². The van der Waals surface area contributed by atoms with Crippen LogP contribution in [0.4, 0.5) is 4.39 Å². The number of carbonyl (C=O) groups is 1. The van der Waals surface area contributed by atoms with Crippen LogP contribution in [0.3, 0.4) is 0 Å². The molecule has 0 aromatic carbocycles. The van der Waals surface area contributed by atoms with Crippen LogP contribution >= 0.6 is 0 Å². The molecule has 1 nitrogen and oxygen atoms in total. The number of halogens is 1. The molecular weight excluding hydrogens is 203 g/mol. The lowest BCUT2D eigenvalue weighted by Crippen LogP contribution is -2.15. The van der Waals surface area contributed by atoms with Gasteiger partial charge in [0, 0.05) is 6.42 Å². The Balaban J connectivity index is 2.24. The van der Waals surface area contributed by atoms with Crippen LogP contribution in [-0.4, -0.2) is 12.0 Å². The Morgan fingerprint density at radius 2 is 1.19 bits per heavy atom. The molecule has 16 heavy (non-hydrogen) atoms. The predicted octanol–water partition coefficient (Wildman–Crippen LogP) is 4.59. The van der Waals surface area contributed by atoms with Crippen molar-refractivity contribution in [3.8, 4) is 0 Å². The highest BCUT2D eigenvalue weighted by atomic mass is 19.1. The largest absolute Gasteiger partial charge is 0.296 e. The lowest BCUT2D eigenvalue weighted by molar-refractivity contribution is -0.124. The van der Waals surface area contributed by atoms with Crippen LogP contribution in [0.15, 0.2) is 0 Å². The number of Topliss-reactive ketones (excluding diaryl/α,β-unsaturated/α-hetero) is 1. The number of alkyl halides is 1. The fourth-order valence-electron chi connectivity index (χ4n) is 2.35. The van der Waals surface area contributed by atoms with Gasteiger partial charge in [-0.15, -0.1) is 0 Å². The number of ketones is 1. The second-order valence-electron chi connectivity index (χ2n) is 5.01. The monoisotopic (exact) mass is 228 g/mol. The van der Waals surface area contributed by atoms with E-state index in [1.54, 1.807) is 0 Å². The molecule has 0 amide bonds. The molecule has 1 unspecified atom stereocenters. The number of carbonyl (C=O) groups excluding carboxylic acids is 1. The highest BCUT2D eigenvalue weighted by molar-refractivity contribution is 5.82. The summed E-state index contributed by atoms with van der Waals surface area (Å²) >= 11 is 0. The molecular formula is C14H25FO. The molecule has 1 fully saturated rings. The molecule has 0 heterocycles. The van der Waals surface area contributed by atoms with Gasteiger partial charge < -0.3 is 0 Å². The van der Waals surface area contributed by atoms with Crippen molar-refractivity contribution in [3.05, 3.63) is 0 Å². The first-order valence-corrected chi connectivity index (χ1v) is 6.97. The SMILES string of the molecule is O=C1CCCCCCCCCCCCC1F. The summed E-state index contributed by atoms with van der Waals surface area (Å²) in [7, 11) is 0. The van der Waals surface area contributed by atoms with Crippen LogP contribution in [-0.2, 0) is 4.79 Å². The molecule has 0 bridgehead atoms. The molecule has 0 aromatic rings. The van der Waals surface area contributed by atoms with Crippen LogP contribution in [0.1, 0.15) is 77.0 Å². The molecule has 2 heteroatoms. The lowest BCUT2D eigenvalue weighted by Gasteiger charge is -2.08. The predicted molar refractivity (Wildman–Crippen MR) is 65.3 cm³/mol. The Hall–Kier alpha value is -0.400. The number of hydrogen-bond acceptors (Lipinski definition) is 1. The van der Waals surface area contributed by atoms with E-state index in [0.29, 0.717) is 12.8 Å². The Morgan fingerprint density at radius 3 is 1.75 bits per heavy atom. The van der Waals surface area contributed by atoms with E-state index in [4.69, 9.17) is 0 Å². The highest BCUT2D eigenvalue weighted by Crippen LogP contribution is 2.16. The smallest absolute Gasteiger partial charge is 0.166 e. The molecule has 0 spiro atoms. The van der Waals surface area contributed by atoms with E-state index in [2.05, 4.69) is 0 Å². The van der Waals surface area contributed by atoms with Gasteiger partial charge in [-0.2, -0.15) is 0 Å². The first-order valence-electron chi connectivity index (χ1n) is 6.97. The highest BCUT2D eigenvalue weighted by Gasteiger charge is 2.15. The van der Waals surface area contributed by atoms with E-state index in [9.17, 15) is 9.18 Å². The normalized spacial score (nSPS) is 27.3. The fourth-order valence-corrected chi connectivity index (χ4v) is 2.35. The first kappa shape index (κ1) is 13.7. The van der Waals surface area contributed by atoms with Gasteiger partial charge in [0.1, 0.15) is 0 Å². The summed E-state index contributed by atoms with van der Waals surface area (Å²) in [5.74, 6) is -0.156. The molecule has 1 rings (SSSR count). The topological polar surface area (TPSA) is 17.1 Å². The number of rotatable bonds is 0. The Bertz CT molecular complexity index is 191. The van der Waals surface area contributed by atoms with Gasteiger partial charge >= 0.3 is 0 Å². The van der Waals surface area contributed by atoms with Crippen molar-refractivity contribution in [3.63, 3.8) is 0 Å². The molecule has 0 aromatic heterocycles. The number of hydrogen-bond donors (Lipinski definition) is 0. The maximum Gasteiger partial charge on any atom is 0.166 e. The second kappa shape index (κ2) is 8.72. The van der Waals surface area contributed by atoms with Crippen molar-refractivity contribution >= 4 is 5.78 Å². The molecule has 0 radical (unpaired) electrons. The van der Waals surface area contributed by atoms with Gasteiger partial charge in [0.25, 0.3) is 0 Å². The molecule has 1 aliphatic carbocycles. The summed E-state index contributed by atoms with van der Waals surface area (Å²) in [6.07, 6.45) is 11.3. The summed E-state index contributed by atoms with van der Waals surface area (Å²) in [5, 5.41) is 0. The zero-order valence-corrected chi connectivity index (χ0v) is 10.3. The van der Waals surface area contributed by atoms with Gasteiger partial charge in [-0.25, -0.2) is 4.39 Å². The molecule has 1 saturated carbocycles. The minimum atomic E-state index is -1.18. The minimum Gasteiger partial charge on any atom is -0.296 e. The summed E-state index contributed by atoms with van der Waals surface area (Å²) < 4.78 is 13.4. The van der Waals surface area contributed by atoms with E-state index >= 15 is 0 Å². The van der Waals surface area contributed by atoms with E-state index in [0.717, 1.165) is 25.7 Å². The average molecular weight is 228 g/mol. The quantitative estimate of drug-likeness (QED) is 0.592. The zero-order chi connectivity index (χ0) is 11.6. The Kier molecular flexibility index (Phi) is 7.45. The van der Waals surface area contributed by atoms with Crippen molar-refractivity contribution in [2.24, 2.45) is 0 Å². The van der Waals surface area contributed by atoms with Crippen LogP contribution in [0.2, 0.25) is 0 Å². The van der Waals surface area contributed by atoms with Gasteiger partial charge in [-0.3, -0.25) is 4.79 Å². The van der Waals surface area contributed by atoms with E-state index in [-0.39, 0.29) is 5.78 Å². The van der Waals surface area contributed by atoms with Crippen molar-refractivity contribution in [1.82, 2.24) is 0 Å². The fraction of sp³-hybridized carbons (Fsp3) is 0.929. The van der Waals surface area contributed by atoms with Crippen LogP contribution in [0.25, 0.3) is 0 Å². The Morgan fingerprint density at radius 1 is 0.750 bits per heavy atom. The van der Waals surface area contributed by atoms with Crippen molar-refractivity contribution < 1.29 is 9.18 Å². The van der Waals surface area contributed by atoms with Gasteiger partial charge in [-0.1, -0.05) is 57.8 Å². The van der Waals surface area contributed by atoms with Crippen LogP contribution < -0.4 is 0 Å². The summed E-state index contributed by atoms with van der Waals surface area (Å²) in [6.45, 7) is 0. The third-order valence-corrected chi connectivity index (χ3v) is 3.48. The molecule has 0 saturated heterocycles.